The predicted molar refractivity (Wildman–Crippen MR) is 173 cm³/mol. The number of esters is 1. The predicted octanol–water partition coefficient (Wildman–Crippen LogP) is 3.69. The maximum atomic E-state index is 14.7. The minimum Gasteiger partial charge on any atom is -0.460 e. The van der Waals surface area contributed by atoms with Crippen molar-refractivity contribution in [1.29, 1.82) is 0 Å². The lowest BCUT2D eigenvalue weighted by Gasteiger charge is -2.41. The molecule has 9 atom stereocenters. The maximum absolute atomic E-state index is 14.7. The molecule has 0 aliphatic carbocycles. The first-order chi connectivity index (χ1) is 21.6. The number of nitrogens with one attached hydrogen (secondary N) is 1. The Morgan fingerprint density at radius 3 is 2.58 bits per heavy atom. The molecule has 2 bridgehead atoms. The van der Waals surface area contributed by atoms with Gasteiger partial charge >= 0.3 is 5.97 Å². The zero-order valence-electron chi connectivity index (χ0n) is 26.4. The largest absolute Gasteiger partial charge is 0.460 e. The topological polar surface area (TPSA) is 125 Å². The number of likely N-dealkylation sites (tertiary alicyclic amines) is 1. The molecule has 0 radical (unpaired) electrons. The van der Waals surface area contributed by atoms with Crippen LogP contribution in [0.1, 0.15) is 64.5 Å². The molecule has 4 rings (SSSR count). The van der Waals surface area contributed by atoms with E-state index in [0.717, 1.165) is 12.8 Å². The standard InChI is InChI=1S/C34H46BrN3O7/c1-6-9-16-26(40)36-19-22(5)44-33(43)27-28-31(41)38(25(20-39)23-14-11-10-12-15-23)30(34(28)18-24(35)29(27)45-34)32(42)37(17-8-3)21(4)13-7-2/h6,8,10-12,14-15,21-22,24-25,27-30,39H,1,3,7,9,13,16-20H2,2,4-5H3,(H,36,40)/t21?,22-,24?,25-,27-,28+,29-,30-,34+/m1/s1. The number of hydrogen-bond donors (Lipinski definition) is 2. The summed E-state index contributed by atoms with van der Waals surface area (Å²) in [4.78, 5) is 58.1. The number of fused-ring (bicyclic) bond motifs is 1. The summed E-state index contributed by atoms with van der Waals surface area (Å²) in [5, 5.41) is 13.5. The molecule has 1 aromatic rings. The number of rotatable bonds is 16. The van der Waals surface area contributed by atoms with Crippen LogP contribution < -0.4 is 5.32 Å². The summed E-state index contributed by atoms with van der Waals surface area (Å²) in [5.41, 5.74) is -0.642. The molecule has 3 aliphatic heterocycles. The van der Waals surface area contributed by atoms with Crippen LogP contribution in [0.4, 0.5) is 0 Å². The van der Waals surface area contributed by atoms with Crippen LogP contribution in [0, 0.1) is 11.8 Å². The van der Waals surface area contributed by atoms with Crippen molar-refractivity contribution in [3.8, 4) is 0 Å². The molecule has 1 spiro atoms. The molecule has 11 heteroatoms. The van der Waals surface area contributed by atoms with Crippen LogP contribution in [-0.4, -0.2) is 93.0 Å². The minimum absolute atomic E-state index is 0.112. The summed E-state index contributed by atoms with van der Waals surface area (Å²) in [5.74, 6) is -3.49. The Bertz CT molecular complexity index is 1260. The number of benzene rings is 1. The summed E-state index contributed by atoms with van der Waals surface area (Å²) < 4.78 is 12.4. The van der Waals surface area contributed by atoms with Gasteiger partial charge < -0.3 is 29.7 Å². The number of alkyl halides is 1. The van der Waals surface area contributed by atoms with Crippen LogP contribution in [0.5, 0.6) is 0 Å². The average Bonchev–Trinajstić information content (AvgIpc) is 3.62. The van der Waals surface area contributed by atoms with Crippen LogP contribution >= 0.6 is 15.9 Å². The van der Waals surface area contributed by atoms with Gasteiger partial charge in [-0.1, -0.05) is 71.8 Å². The SMILES string of the molecule is C=CCCC(=O)NC[C@@H](C)OC(=O)[C@H]1[C@@H]2O[C@@]3(CC2Br)[C@@H]1C(=O)N([C@H](CO)c1ccccc1)[C@@H]3C(=O)N(CC=C)C(C)CCC. The number of carbonyl (C=O) groups is 4. The molecule has 0 aromatic heterocycles. The van der Waals surface area contributed by atoms with E-state index in [-0.39, 0.29) is 42.2 Å². The van der Waals surface area contributed by atoms with Crippen molar-refractivity contribution in [2.24, 2.45) is 11.8 Å². The van der Waals surface area contributed by atoms with Gasteiger partial charge in [-0.3, -0.25) is 19.2 Å². The van der Waals surface area contributed by atoms with Crippen molar-refractivity contribution in [2.75, 3.05) is 19.7 Å². The summed E-state index contributed by atoms with van der Waals surface area (Å²) in [6, 6.07) is 7.03. The Morgan fingerprint density at radius 2 is 1.96 bits per heavy atom. The minimum atomic E-state index is -1.31. The number of allylic oxidation sites excluding steroid dienone is 1. The van der Waals surface area contributed by atoms with Gasteiger partial charge in [-0.2, -0.15) is 0 Å². The number of amides is 3. The normalized spacial score (nSPS) is 28.6. The fourth-order valence-electron chi connectivity index (χ4n) is 7.24. The maximum Gasteiger partial charge on any atom is 0.312 e. The molecule has 246 valence electrons. The van der Waals surface area contributed by atoms with Gasteiger partial charge in [0.1, 0.15) is 17.7 Å². The zero-order chi connectivity index (χ0) is 32.9. The van der Waals surface area contributed by atoms with Crippen molar-refractivity contribution in [2.45, 2.75) is 93.6 Å². The molecule has 3 amide bonds. The third-order valence-corrected chi connectivity index (χ3v) is 10.1. The Labute approximate surface area is 274 Å². The summed E-state index contributed by atoms with van der Waals surface area (Å²) in [7, 11) is 0. The second-order valence-corrected chi connectivity index (χ2v) is 13.5. The smallest absolute Gasteiger partial charge is 0.312 e. The highest BCUT2D eigenvalue weighted by Gasteiger charge is 2.77. The van der Waals surface area contributed by atoms with Gasteiger partial charge in [0.2, 0.25) is 17.7 Å². The van der Waals surface area contributed by atoms with E-state index < -0.39 is 60.2 Å². The van der Waals surface area contributed by atoms with E-state index in [0.29, 0.717) is 18.4 Å². The molecule has 2 unspecified atom stereocenters. The van der Waals surface area contributed by atoms with Crippen molar-refractivity contribution in [3.05, 3.63) is 61.2 Å². The Morgan fingerprint density at radius 1 is 1.24 bits per heavy atom. The molecule has 0 saturated carbocycles. The van der Waals surface area contributed by atoms with Gasteiger partial charge in [0, 0.05) is 23.8 Å². The molecular weight excluding hydrogens is 642 g/mol. The molecule has 10 nitrogen and oxygen atoms in total. The lowest BCUT2D eigenvalue weighted by atomic mass is 9.70. The van der Waals surface area contributed by atoms with Gasteiger partial charge in [0.25, 0.3) is 0 Å². The second kappa shape index (κ2) is 15.0. The van der Waals surface area contributed by atoms with Crippen molar-refractivity contribution >= 4 is 39.6 Å². The van der Waals surface area contributed by atoms with Gasteiger partial charge in [0.05, 0.1) is 37.1 Å². The molecule has 1 aromatic carbocycles. The average molecular weight is 689 g/mol. The lowest BCUT2D eigenvalue weighted by molar-refractivity contribution is -0.160. The summed E-state index contributed by atoms with van der Waals surface area (Å²) in [6.07, 6.45) is 4.73. The first-order valence-electron chi connectivity index (χ1n) is 15.8. The van der Waals surface area contributed by atoms with E-state index in [1.807, 2.05) is 44.2 Å². The fourth-order valence-corrected chi connectivity index (χ4v) is 8.18. The van der Waals surface area contributed by atoms with Crippen LogP contribution in [0.3, 0.4) is 0 Å². The van der Waals surface area contributed by atoms with E-state index in [9.17, 15) is 24.3 Å². The van der Waals surface area contributed by atoms with Crippen molar-refractivity contribution in [3.63, 3.8) is 0 Å². The first-order valence-corrected chi connectivity index (χ1v) is 16.8. The first kappa shape index (κ1) is 34.8. The number of halogens is 1. The Balaban J connectivity index is 1.71. The van der Waals surface area contributed by atoms with Gasteiger partial charge in [-0.15, -0.1) is 13.2 Å². The fraction of sp³-hybridized carbons (Fsp3) is 0.588. The Kier molecular flexibility index (Phi) is 11.7. The molecule has 3 aliphatic rings. The third-order valence-electron chi connectivity index (χ3n) is 9.25. The van der Waals surface area contributed by atoms with E-state index in [1.54, 1.807) is 24.0 Å². The van der Waals surface area contributed by atoms with Gasteiger partial charge in [-0.25, -0.2) is 0 Å². The quantitative estimate of drug-likeness (QED) is 0.154. The highest BCUT2D eigenvalue weighted by Crippen LogP contribution is 2.61. The molecule has 2 N–H and O–H groups in total. The number of hydrogen-bond acceptors (Lipinski definition) is 7. The van der Waals surface area contributed by atoms with E-state index in [2.05, 4.69) is 34.4 Å². The molecule has 45 heavy (non-hydrogen) atoms. The summed E-state index contributed by atoms with van der Waals surface area (Å²) in [6.45, 7) is 13.1. The van der Waals surface area contributed by atoms with Crippen molar-refractivity contribution < 1.29 is 33.8 Å². The number of aliphatic hydroxyl groups is 1. The lowest BCUT2D eigenvalue weighted by Crippen LogP contribution is -2.58. The molecular formula is C34H46BrN3O7. The number of carbonyl (C=O) groups excluding carboxylic acids is 4. The number of nitrogens with zero attached hydrogens (tertiary/aromatic N) is 2. The monoisotopic (exact) mass is 687 g/mol. The highest BCUT2D eigenvalue weighted by molar-refractivity contribution is 9.09. The van der Waals surface area contributed by atoms with E-state index in [4.69, 9.17) is 9.47 Å². The van der Waals surface area contributed by atoms with Gasteiger partial charge in [-0.05, 0) is 38.7 Å². The Hall–Kier alpha value is -3.02. The van der Waals surface area contributed by atoms with Crippen LogP contribution in [-0.2, 0) is 28.7 Å². The van der Waals surface area contributed by atoms with Crippen molar-refractivity contribution in [1.82, 2.24) is 15.1 Å². The third kappa shape index (κ3) is 6.76. The second-order valence-electron chi connectivity index (χ2n) is 12.3. The van der Waals surface area contributed by atoms with Crippen LogP contribution in [0.15, 0.2) is 55.6 Å². The van der Waals surface area contributed by atoms with Crippen LogP contribution in [0.25, 0.3) is 0 Å². The van der Waals surface area contributed by atoms with Gasteiger partial charge in [0.15, 0.2) is 0 Å². The molecule has 3 heterocycles. The van der Waals surface area contributed by atoms with E-state index in [1.165, 1.54) is 4.90 Å². The van der Waals surface area contributed by atoms with Crippen LogP contribution in [0.2, 0.25) is 0 Å². The molecule has 3 saturated heterocycles. The molecule has 3 fully saturated rings. The zero-order valence-corrected chi connectivity index (χ0v) is 28.0. The van der Waals surface area contributed by atoms with E-state index >= 15 is 0 Å². The highest BCUT2D eigenvalue weighted by atomic mass is 79.9. The summed E-state index contributed by atoms with van der Waals surface area (Å²) >= 11 is 3.69. The number of aliphatic hydroxyl groups excluding tert-OH is 1. The number of ether oxygens (including phenoxy) is 2.